The second-order valence-corrected chi connectivity index (χ2v) is 8.72. The predicted molar refractivity (Wildman–Crippen MR) is 106 cm³/mol. The summed E-state index contributed by atoms with van der Waals surface area (Å²) in [5.41, 5.74) is 6.35. The van der Waals surface area contributed by atoms with Gasteiger partial charge < -0.3 is 4.52 Å². The topological polar surface area (TPSA) is 26.0 Å². The van der Waals surface area contributed by atoms with Crippen LogP contribution in [-0.2, 0) is 17.3 Å². The third-order valence-electron chi connectivity index (χ3n) is 5.80. The Kier molecular flexibility index (Phi) is 4.90. The molecule has 1 aromatic carbocycles. The lowest BCUT2D eigenvalue weighted by atomic mass is 9.62. The molecule has 25 heavy (non-hydrogen) atoms. The van der Waals surface area contributed by atoms with Gasteiger partial charge in [-0.15, -0.1) is 0 Å². The summed E-state index contributed by atoms with van der Waals surface area (Å²) in [6, 6.07) is 6.83. The Bertz CT molecular complexity index is 751. The fourth-order valence-electron chi connectivity index (χ4n) is 3.90. The Labute approximate surface area is 152 Å². The van der Waals surface area contributed by atoms with Crippen molar-refractivity contribution in [2.45, 2.75) is 77.6 Å². The first kappa shape index (κ1) is 18.0. The first-order chi connectivity index (χ1) is 11.8. The average Bonchev–Trinajstić information content (AvgIpc) is 3.08. The van der Waals surface area contributed by atoms with Crippen LogP contribution >= 0.6 is 0 Å². The van der Waals surface area contributed by atoms with E-state index in [-0.39, 0.29) is 10.8 Å². The lowest BCUT2D eigenvalue weighted by Crippen LogP contribution is -2.34. The Balaban J connectivity index is 2.09. The van der Waals surface area contributed by atoms with E-state index in [1.54, 1.807) is 11.8 Å². The number of benzene rings is 1. The summed E-state index contributed by atoms with van der Waals surface area (Å²) in [6.45, 7) is 11.8. The van der Waals surface area contributed by atoms with Gasteiger partial charge in [-0.05, 0) is 64.8 Å². The number of aromatic nitrogens is 1. The van der Waals surface area contributed by atoms with E-state index in [1.165, 1.54) is 42.4 Å². The Morgan fingerprint density at radius 1 is 1.04 bits per heavy atom. The minimum atomic E-state index is 0.239. The summed E-state index contributed by atoms with van der Waals surface area (Å²) in [4.78, 5) is 0. The molecule has 2 aromatic rings. The zero-order chi connectivity index (χ0) is 18.1. The molecular formula is C23H31NO. The van der Waals surface area contributed by atoms with Crippen molar-refractivity contribution in [1.82, 2.24) is 5.16 Å². The molecule has 0 spiro atoms. The molecule has 134 valence electrons. The summed E-state index contributed by atoms with van der Waals surface area (Å²) in [6.07, 6.45) is 12.0. The van der Waals surface area contributed by atoms with E-state index in [1.807, 2.05) is 12.1 Å². The highest BCUT2D eigenvalue weighted by Crippen LogP contribution is 2.46. The lowest BCUT2D eigenvalue weighted by molar-refractivity contribution is 0.331. The molecule has 0 saturated heterocycles. The highest BCUT2D eigenvalue weighted by atomic mass is 16.5. The van der Waals surface area contributed by atoms with Gasteiger partial charge in [0, 0.05) is 6.07 Å². The van der Waals surface area contributed by atoms with Crippen LogP contribution in [0, 0.1) is 0 Å². The largest absolute Gasteiger partial charge is 0.357 e. The molecule has 0 N–H and O–H groups in total. The second kappa shape index (κ2) is 6.82. The van der Waals surface area contributed by atoms with E-state index in [9.17, 15) is 0 Å². The number of nitrogens with zero attached hydrogens (tertiary/aromatic N) is 1. The maximum Gasteiger partial charge on any atom is 0.159 e. The first-order valence-corrected chi connectivity index (χ1v) is 9.60. The second-order valence-electron chi connectivity index (χ2n) is 8.72. The van der Waals surface area contributed by atoms with Crippen LogP contribution in [0.1, 0.15) is 88.3 Å². The Hall–Kier alpha value is -1.83. The Morgan fingerprint density at radius 3 is 2.32 bits per heavy atom. The van der Waals surface area contributed by atoms with Gasteiger partial charge >= 0.3 is 0 Å². The van der Waals surface area contributed by atoms with Crippen LogP contribution < -0.4 is 0 Å². The molecule has 1 aromatic heterocycles. The molecule has 0 radical (unpaired) electrons. The van der Waals surface area contributed by atoms with Crippen LogP contribution in [0.5, 0.6) is 0 Å². The maximum absolute atomic E-state index is 5.23. The molecule has 1 heterocycles. The van der Waals surface area contributed by atoms with Crippen LogP contribution in [0.15, 0.2) is 28.9 Å². The van der Waals surface area contributed by atoms with E-state index in [4.69, 9.17) is 4.52 Å². The maximum atomic E-state index is 5.23. The number of fused-ring (bicyclic) bond motifs is 1. The molecule has 0 unspecified atom stereocenters. The van der Waals surface area contributed by atoms with Crippen molar-refractivity contribution in [2.24, 2.45) is 0 Å². The molecule has 0 atom stereocenters. The summed E-state index contributed by atoms with van der Waals surface area (Å²) in [5, 5.41) is 3.79. The van der Waals surface area contributed by atoms with Crippen LogP contribution in [0.25, 0.3) is 12.2 Å². The van der Waals surface area contributed by atoms with Gasteiger partial charge in [-0.2, -0.15) is 0 Å². The van der Waals surface area contributed by atoms with Crippen molar-refractivity contribution >= 4 is 12.2 Å². The molecule has 0 aliphatic heterocycles. The zero-order valence-electron chi connectivity index (χ0n) is 16.4. The monoisotopic (exact) mass is 337 g/mol. The van der Waals surface area contributed by atoms with Gasteiger partial charge in [0.05, 0.1) is 6.20 Å². The third-order valence-corrected chi connectivity index (χ3v) is 5.80. The summed E-state index contributed by atoms with van der Waals surface area (Å²) < 4.78 is 5.23. The molecule has 0 fully saturated rings. The minimum absolute atomic E-state index is 0.239. The highest BCUT2D eigenvalue weighted by Gasteiger charge is 2.37. The normalized spacial score (nSPS) is 18.4. The number of hydrogen-bond donors (Lipinski definition) is 0. The fourth-order valence-corrected chi connectivity index (χ4v) is 3.90. The van der Waals surface area contributed by atoms with Crippen molar-refractivity contribution in [2.75, 3.05) is 0 Å². The molecule has 1 aliphatic rings. The number of hydrogen-bond acceptors (Lipinski definition) is 2. The van der Waals surface area contributed by atoms with E-state index < -0.39 is 0 Å². The molecule has 2 nitrogen and oxygen atoms in total. The molecule has 0 bridgehead atoms. The highest BCUT2D eigenvalue weighted by molar-refractivity contribution is 5.70. The van der Waals surface area contributed by atoms with Gasteiger partial charge in [-0.25, -0.2) is 0 Å². The Morgan fingerprint density at radius 2 is 1.72 bits per heavy atom. The zero-order valence-corrected chi connectivity index (χ0v) is 16.4. The minimum Gasteiger partial charge on any atom is -0.357 e. The smallest absolute Gasteiger partial charge is 0.159 e. The van der Waals surface area contributed by atoms with Gasteiger partial charge in [0.15, 0.2) is 5.76 Å². The molecule has 1 aliphatic carbocycles. The van der Waals surface area contributed by atoms with E-state index in [0.717, 1.165) is 12.2 Å². The van der Waals surface area contributed by atoms with E-state index in [2.05, 4.69) is 58.0 Å². The van der Waals surface area contributed by atoms with Crippen LogP contribution in [-0.4, -0.2) is 5.16 Å². The number of unbranched alkanes of at least 4 members (excludes halogenated alkanes) is 1. The molecular weight excluding hydrogens is 306 g/mol. The standard InChI is InChI=1S/C23H31NO/c1-6-7-8-17-15-20-21(23(4,5)13-12-22(20,2)3)16-18(17)9-10-19-11-14-24-25-19/h9-11,14-16H,6-8,12-13H2,1-5H3. The van der Waals surface area contributed by atoms with Gasteiger partial charge in [-0.3, -0.25) is 0 Å². The summed E-state index contributed by atoms with van der Waals surface area (Å²) in [7, 11) is 0. The van der Waals surface area contributed by atoms with Crippen LogP contribution in [0.2, 0.25) is 0 Å². The van der Waals surface area contributed by atoms with Crippen molar-refractivity contribution < 1.29 is 4.52 Å². The number of aryl methyl sites for hydroxylation is 1. The van der Waals surface area contributed by atoms with Crippen molar-refractivity contribution in [3.05, 3.63) is 52.4 Å². The molecule has 3 rings (SSSR count). The van der Waals surface area contributed by atoms with E-state index >= 15 is 0 Å². The third kappa shape index (κ3) is 3.73. The number of rotatable bonds is 5. The van der Waals surface area contributed by atoms with Gasteiger partial charge in [-0.1, -0.05) is 64.4 Å². The van der Waals surface area contributed by atoms with Crippen LogP contribution in [0.3, 0.4) is 0 Å². The lowest BCUT2D eigenvalue weighted by Gasteiger charge is -2.42. The van der Waals surface area contributed by atoms with Gasteiger partial charge in [0.25, 0.3) is 0 Å². The predicted octanol–water partition coefficient (Wildman–Crippen LogP) is 6.54. The summed E-state index contributed by atoms with van der Waals surface area (Å²) >= 11 is 0. The average molecular weight is 338 g/mol. The molecule has 0 saturated carbocycles. The summed E-state index contributed by atoms with van der Waals surface area (Å²) in [5.74, 6) is 0.804. The van der Waals surface area contributed by atoms with E-state index in [0.29, 0.717) is 0 Å². The first-order valence-electron chi connectivity index (χ1n) is 9.60. The SMILES string of the molecule is CCCCc1cc2c(cc1C=Cc1ccno1)C(C)(C)CCC2(C)C. The molecule has 2 heteroatoms. The van der Waals surface area contributed by atoms with Crippen molar-refractivity contribution in [1.29, 1.82) is 0 Å². The fraction of sp³-hybridized carbons (Fsp3) is 0.522. The molecule has 0 amide bonds. The van der Waals surface area contributed by atoms with Crippen molar-refractivity contribution in [3.8, 4) is 0 Å². The van der Waals surface area contributed by atoms with Gasteiger partial charge in [0.1, 0.15) is 0 Å². The quantitative estimate of drug-likeness (QED) is 0.619. The van der Waals surface area contributed by atoms with Crippen molar-refractivity contribution in [3.63, 3.8) is 0 Å². The van der Waals surface area contributed by atoms with Gasteiger partial charge in [0.2, 0.25) is 0 Å². The van der Waals surface area contributed by atoms with Crippen LogP contribution in [0.4, 0.5) is 0 Å².